The Balaban J connectivity index is 2.17. The number of amidine groups is 1. The van der Waals surface area contributed by atoms with Crippen LogP contribution >= 0.6 is 0 Å². The van der Waals surface area contributed by atoms with Gasteiger partial charge in [0, 0.05) is 19.2 Å². The van der Waals surface area contributed by atoms with E-state index in [-0.39, 0.29) is 0 Å². The van der Waals surface area contributed by atoms with Crippen molar-refractivity contribution >= 4 is 5.84 Å². The zero-order chi connectivity index (χ0) is 10.7. The number of likely N-dealkylation sites (tertiary alicyclic amines) is 1. The fraction of sp³-hybridized carbons (Fsp3) is 0.500. The molecule has 1 saturated heterocycles. The molecule has 0 aromatic carbocycles. The average Bonchev–Trinajstić information content (AvgIpc) is 2.81. The highest BCUT2D eigenvalue weighted by molar-refractivity contribution is 5.94. The molecule has 0 unspecified atom stereocenters. The smallest absolute Gasteiger partial charge is 0.216 e. The summed E-state index contributed by atoms with van der Waals surface area (Å²) in [6, 6.07) is 1.70. The molecule has 0 amide bonds. The van der Waals surface area contributed by atoms with Crippen LogP contribution in [0, 0.1) is 5.41 Å². The van der Waals surface area contributed by atoms with Gasteiger partial charge >= 0.3 is 0 Å². The van der Waals surface area contributed by atoms with Crippen molar-refractivity contribution in [3.8, 4) is 5.88 Å². The van der Waals surface area contributed by atoms with E-state index in [1.165, 1.54) is 6.33 Å². The maximum absolute atomic E-state index is 7.98. The van der Waals surface area contributed by atoms with Crippen molar-refractivity contribution in [1.82, 2.24) is 14.9 Å². The lowest BCUT2D eigenvalue weighted by Gasteiger charge is -2.17. The molecule has 1 aromatic heterocycles. The maximum Gasteiger partial charge on any atom is 0.216 e. The number of methoxy groups -OCH3 is 1. The quantitative estimate of drug-likeness (QED) is 0.577. The lowest BCUT2D eigenvalue weighted by atomic mass is 10.3. The molecule has 0 bridgehead atoms. The van der Waals surface area contributed by atoms with Crippen LogP contribution in [0.1, 0.15) is 18.5 Å². The monoisotopic (exact) mass is 206 g/mol. The van der Waals surface area contributed by atoms with E-state index in [1.54, 1.807) is 13.2 Å². The third-order valence-electron chi connectivity index (χ3n) is 2.52. The lowest BCUT2D eigenvalue weighted by molar-refractivity contribution is 0.396. The molecule has 1 fully saturated rings. The molecule has 0 aliphatic carbocycles. The van der Waals surface area contributed by atoms with E-state index in [9.17, 15) is 0 Å². The first-order chi connectivity index (χ1) is 7.31. The third kappa shape index (κ3) is 2.06. The van der Waals surface area contributed by atoms with Crippen molar-refractivity contribution in [2.45, 2.75) is 12.8 Å². The zero-order valence-corrected chi connectivity index (χ0v) is 8.73. The first-order valence-corrected chi connectivity index (χ1v) is 5.01. The SMILES string of the molecule is COc1cc(C(=N)N2CCCC2)ncn1. The lowest BCUT2D eigenvalue weighted by Crippen LogP contribution is -2.28. The highest BCUT2D eigenvalue weighted by Crippen LogP contribution is 2.13. The van der Waals surface area contributed by atoms with Crippen LogP contribution in [0.4, 0.5) is 0 Å². The van der Waals surface area contributed by atoms with Gasteiger partial charge < -0.3 is 9.64 Å². The van der Waals surface area contributed by atoms with Crippen LogP contribution in [0.15, 0.2) is 12.4 Å². The van der Waals surface area contributed by atoms with Gasteiger partial charge in [-0.25, -0.2) is 9.97 Å². The predicted octanol–water partition coefficient (Wildman–Crippen LogP) is 0.906. The molecule has 5 heteroatoms. The normalized spacial score (nSPS) is 15.4. The number of nitrogens with zero attached hydrogens (tertiary/aromatic N) is 3. The highest BCUT2D eigenvalue weighted by atomic mass is 16.5. The zero-order valence-electron chi connectivity index (χ0n) is 8.73. The van der Waals surface area contributed by atoms with Crippen molar-refractivity contribution in [3.05, 3.63) is 18.1 Å². The molecule has 15 heavy (non-hydrogen) atoms. The predicted molar refractivity (Wildman–Crippen MR) is 56.2 cm³/mol. The largest absolute Gasteiger partial charge is 0.481 e. The van der Waals surface area contributed by atoms with Gasteiger partial charge in [-0.2, -0.15) is 0 Å². The molecule has 0 atom stereocenters. The molecule has 1 aliphatic rings. The summed E-state index contributed by atoms with van der Waals surface area (Å²) in [5.41, 5.74) is 0.628. The first-order valence-electron chi connectivity index (χ1n) is 5.01. The van der Waals surface area contributed by atoms with Crippen molar-refractivity contribution in [1.29, 1.82) is 5.41 Å². The molecule has 80 valence electrons. The van der Waals surface area contributed by atoms with Crippen LogP contribution in [0.3, 0.4) is 0 Å². The molecule has 0 radical (unpaired) electrons. The van der Waals surface area contributed by atoms with Gasteiger partial charge in [-0.3, -0.25) is 5.41 Å². The summed E-state index contributed by atoms with van der Waals surface area (Å²) < 4.78 is 5.00. The van der Waals surface area contributed by atoms with Crippen molar-refractivity contribution in [3.63, 3.8) is 0 Å². The first kappa shape index (κ1) is 9.89. The van der Waals surface area contributed by atoms with E-state index in [4.69, 9.17) is 10.1 Å². The van der Waals surface area contributed by atoms with E-state index in [0.29, 0.717) is 17.4 Å². The van der Waals surface area contributed by atoms with Gasteiger partial charge in [0.15, 0.2) is 0 Å². The van der Waals surface area contributed by atoms with Gasteiger partial charge in [0.1, 0.15) is 17.9 Å². The third-order valence-corrected chi connectivity index (χ3v) is 2.52. The molecule has 2 heterocycles. The highest BCUT2D eigenvalue weighted by Gasteiger charge is 2.17. The Kier molecular flexibility index (Phi) is 2.80. The molecular weight excluding hydrogens is 192 g/mol. The Bertz CT molecular complexity index is 360. The molecule has 1 aromatic rings. The van der Waals surface area contributed by atoms with E-state index < -0.39 is 0 Å². The summed E-state index contributed by atoms with van der Waals surface area (Å²) >= 11 is 0. The Morgan fingerprint density at radius 3 is 2.80 bits per heavy atom. The average molecular weight is 206 g/mol. The number of nitrogens with one attached hydrogen (secondary N) is 1. The number of rotatable bonds is 2. The van der Waals surface area contributed by atoms with E-state index in [0.717, 1.165) is 25.9 Å². The molecule has 5 nitrogen and oxygen atoms in total. The van der Waals surface area contributed by atoms with Crippen molar-refractivity contribution < 1.29 is 4.74 Å². The Hall–Kier alpha value is -1.65. The minimum atomic E-state index is 0.466. The summed E-state index contributed by atoms with van der Waals surface area (Å²) in [5.74, 6) is 0.970. The summed E-state index contributed by atoms with van der Waals surface area (Å²) in [6.07, 6.45) is 3.74. The topological polar surface area (TPSA) is 62.1 Å². The van der Waals surface area contributed by atoms with Gasteiger partial charge in [0.25, 0.3) is 0 Å². The number of ether oxygens (including phenoxy) is 1. The molecule has 0 spiro atoms. The second-order valence-corrected chi connectivity index (χ2v) is 3.49. The van der Waals surface area contributed by atoms with E-state index in [1.807, 2.05) is 4.90 Å². The van der Waals surface area contributed by atoms with Gasteiger partial charge in [-0.05, 0) is 12.8 Å². The summed E-state index contributed by atoms with van der Waals surface area (Å²) in [4.78, 5) is 10.0. The van der Waals surface area contributed by atoms with Crippen molar-refractivity contribution in [2.75, 3.05) is 20.2 Å². The van der Waals surface area contributed by atoms with Crippen LogP contribution in [-0.2, 0) is 0 Å². The summed E-state index contributed by atoms with van der Waals surface area (Å²) in [6.45, 7) is 1.90. The fourth-order valence-corrected chi connectivity index (χ4v) is 1.68. The van der Waals surface area contributed by atoms with Crippen molar-refractivity contribution in [2.24, 2.45) is 0 Å². The minimum Gasteiger partial charge on any atom is -0.481 e. The molecule has 0 saturated carbocycles. The van der Waals surface area contributed by atoms with Crippen LogP contribution in [0.5, 0.6) is 5.88 Å². The minimum absolute atomic E-state index is 0.466. The second kappa shape index (κ2) is 4.25. The molecule has 2 rings (SSSR count). The maximum atomic E-state index is 7.98. The van der Waals surface area contributed by atoms with Crippen LogP contribution in [-0.4, -0.2) is 40.9 Å². The molecule has 1 aliphatic heterocycles. The Morgan fingerprint density at radius 1 is 1.40 bits per heavy atom. The number of hydrogen-bond acceptors (Lipinski definition) is 4. The van der Waals surface area contributed by atoms with Gasteiger partial charge in [0.2, 0.25) is 5.88 Å². The Labute approximate surface area is 88.6 Å². The Morgan fingerprint density at radius 2 is 2.13 bits per heavy atom. The standard InChI is InChI=1S/C10H14N4O/c1-15-9-6-8(12-7-13-9)10(11)14-4-2-3-5-14/h6-7,11H,2-5H2,1H3. The van der Waals surface area contributed by atoms with Gasteiger partial charge in [-0.1, -0.05) is 0 Å². The van der Waals surface area contributed by atoms with Gasteiger partial charge in [-0.15, -0.1) is 0 Å². The second-order valence-electron chi connectivity index (χ2n) is 3.49. The molecular formula is C10H14N4O. The van der Waals surface area contributed by atoms with Crippen LogP contribution in [0.25, 0.3) is 0 Å². The fourth-order valence-electron chi connectivity index (χ4n) is 1.68. The van der Waals surface area contributed by atoms with E-state index in [2.05, 4.69) is 9.97 Å². The number of aromatic nitrogens is 2. The van der Waals surface area contributed by atoms with E-state index >= 15 is 0 Å². The van der Waals surface area contributed by atoms with Crippen LogP contribution < -0.4 is 4.74 Å². The summed E-state index contributed by atoms with van der Waals surface area (Å²) in [7, 11) is 1.56. The number of hydrogen-bond donors (Lipinski definition) is 1. The van der Waals surface area contributed by atoms with Gasteiger partial charge in [0.05, 0.1) is 7.11 Å². The van der Waals surface area contributed by atoms with Crippen LogP contribution in [0.2, 0.25) is 0 Å². The molecule has 1 N–H and O–H groups in total. The summed E-state index contributed by atoms with van der Waals surface area (Å²) in [5, 5.41) is 7.98.